The van der Waals surface area contributed by atoms with Crippen LogP contribution in [0.15, 0.2) is 41.0 Å². The van der Waals surface area contributed by atoms with E-state index in [-0.39, 0.29) is 5.82 Å². The quantitative estimate of drug-likeness (QED) is 0.925. The maximum absolute atomic E-state index is 13.5. The molecule has 18 heavy (non-hydrogen) atoms. The molecule has 1 aromatic carbocycles. The summed E-state index contributed by atoms with van der Waals surface area (Å²) in [6.45, 7) is 2.74. The molecule has 0 aliphatic carbocycles. The fraction of sp³-hybridized carbons (Fsp3) is 0.214. The van der Waals surface area contributed by atoms with Crippen LogP contribution in [0, 0.1) is 12.7 Å². The second-order valence-corrected chi connectivity index (χ2v) is 5.00. The van der Waals surface area contributed by atoms with Crippen LogP contribution in [0.3, 0.4) is 0 Å². The standard InChI is InChI=1S/C14H14BrFN2/c1-10-4-2-3-5-11(10)6-7-17-14-13(16)8-12(15)9-18-14/h2-5,8-9H,6-7H2,1H3,(H,17,18). The minimum absolute atomic E-state index is 0.298. The SMILES string of the molecule is Cc1ccccc1CCNc1ncc(Br)cc1F. The van der Waals surface area contributed by atoms with Gasteiger partial charge in [0.2, 0.25) is 0 Å². The first-order valence-corrected chi connectivity index (χ1v) is 6.55. The van der Waals surface area contributed by atoms with Crippen LogP contribution in [0.5, 0.6) is 0 Å². The Balaban J connectivity index is 1.95. The molecular weight excluding hydrogens is 295 g/mol. The summed E-state index contributed by atoms with van der Waals surface area (Å²) < 4.78 is 14.1. The van der Waals surface area contributed by atoms with Gasteiger partial charge in [-0.05, 0) is 46.5 Å². The van der Waals surface area contributed by atoms with Crippen molar-refractivity contribution >= 4 is 21.7 Å². The van der Waals surface area contributed by atoms with Gasteiger partial charge in [-0.25, -0.2) is 9.37 Å². The van der Waals surface area contributed by atoms with Gasteiger partial charge in [0, 0.05) is 17.2 Å². The molecule has 0 atom stereocenters. The van der Waals surface area contributed by atoms with E-state index in [2.05, 4.69) is 45.3 Å². The fourth-order valence-electron chi connectivity index (χ4n) is 1.75. The summed E-state index contributed by atoms with van der Waals surface area (Å²) in [5, 5.41) is 3.01. The monoisotopic (exact) mass is 308 g/mol. The largest absolute Gasteiger partial charge is 0.367 e. The Labute approximate surface area is 114 Å². The summed E-state index contributed by atoms with van der Waals surface area (Å²) in [5.74, 6) is -0.0408. The summed E-state index contributed by atoms with van der Waals surface area (Å²) in [4.78, 5) is 4.00. The lowest BCUT2D eigenvalue weighted by atomic mass is 10.1. The topological polar surface area (TPSA) is 24.9 Å². The maximum Gasteiger partial charge on any atom is 0.166 e. The van der Waals surface area contributed by atoms with Crippen LogP contribution in [0.2, 0.25) is 0 Å². The molecule has 2 nitrogen and oxygen atoms in total. The van der Waals surface area contributed by atoms with Gasteiger partial charge in [-0.15, -0.1) is 0 Å². The fourth-order valence-corrected chi connectivity index (χ4v) is 2.05. The molecule has 2 rings (SSSR count). The molecule has 1 N–H and O–H groups in total. The van der Waals surface area contributed by atoms with E-state index in [9.17, 15) is 4.39 Å². The average molecular weight is 309 g/mol. The Bertz CT molecular complexity index is 543. The third-order valence-corrected chi connectivity index (χ3v) is 3.19. The highest BCUT2D eigenvalue weighted by molar-refractivity contribution is 9.10. The van der Waals surface area contributed by atoms with E-state index in [1.807, 2.05) is 12.1 Å². The lowest BCUT2D eigenvalue weighted by Gasteiger charge is -2.08. The van der Waals surface area contributed by atoms with E-state index in [0.717, 1.165) is 6.42 Å². The van der Waals surface area contributed by atoms with Gasteiger partial charge in [0.15, 0.2) is 11.6 Å². The Morgan fingerprint density at radius 1 is 1.33 bits per heavy atom. The molecule has 0 fully saturated rings. The average Bonchev–Trinajstić information content (AvgIpc) is 2.34. The van der Waals surface area contributed by atoms with E-state index in [1.54, 1.807) is 6.20 Å². The van der Waals surface area contributed by atoms with Crippen molar-refractivity contribution in [1.29, 1.82) is 0 Å². The lowest BCUT2D eigenvalue weighted by molar-refractivity contribution is 0.623. The highest BCUT2D eigenvalue weighted by atomic mass is 79.9. The zero-order valence-electron chi connectivity index (χ0n) is 10.1. The van der Waals surface area contributed by atoms with Crippen LogP contribution in [0.1, 0.15) is 11.1 Å². The minimum Gasteiger partial charge on any atom is -0.367 e. The first-order valence-electron chi connectivity index (χ1n) is 5.76. The maximum atomic E-state index is 13.5. The Morgan fingerprint density at radius 2 is 2.11 bits per heavy atom. The van der Waals surface area contributed by atoms with Crippen LogP contribution in [-0.2, 0) is 6.42 Å². The summed E-state index contributed by atoms with van der Waals surface area (Å²) in [5.41, 5.74) is 2.52. The molecule has 0 radical (unpaired) electrons. The lowest BCUT2D eigenvalue weighted by Crippen LogP contribution is -2.08. The summed E-state index contributed by atoms with van der Waals surface area (Å²) in [6.07, 6.45) is 2.43. The number of halogens is 2. The normalized spacial score (nSPS) is 10.4. The molecule has 4 heteroatoms. The number of pyridine rings is 1. The molecule has 0 saturated carbocycles. The van der Waals surface area contributed by atoms with Crippen molar-refractivity contribution < 1.29 is 4.39 Å². The van der Waals surface area contributed by atoms with Crippen LogP contribution < -0.4 is 5.32 Å². The Hall–Kier alpha value is -1.42. The number of aryl methyl sites for hydroxylation is 1. The summed E-state index contributed by atoms with van der Waals surface area (Å²) in [7, 11) is 0. The number of aromatic nitrogens is 1. The molecule has 0 unspecified atom stereocenters. The predicted octanol–water partition coefficient (Wildman–Crippen LogP) is 3.95. The van der Waals surface area contributed by atoms with Crippen molar-refractivity contribution in [1.82, 2.24) is 4.98 Å². The van der Waals surface area contributed by atoms with Gasteiger partial charge in [-0.1, -0.05) is 24.3 Å². The van der Waals surface area contributed by atoms with E-state index in [4.69, 9.17) is 0 Å². The molecule has 0 bridgehead atoms. The van der Waals surface area contributed by atoms with Gasteiger partial charge in [0.05, 0.1) is 0 Å². The molecular formula is C14H14BrFN2. The molecule has 0 aliphatic rings. The smallest absolute Gasteiger partial charge is 0.166 e. The van der Waals surface area contributed by atoms with Crippen molar-refractivity contribution in [3.63, 3.8) is 0 Å². The number of hydrogen-bond donors (Lipinski definition) is 1. The highest BCUT2D eigenvalue weighted by Gasteiger charge is 2.04. The minimum atomic E-state index is -0.339. The van der Waals surface area contributed by atoms with Crippen LogP contribution in [0.25, 0.3) is 0 Å². The highest BCUT2D eigenvalue weighted by Crippen LogP contribution is 2.16. The Kier molecular flexibility index (Phi) is 4.31. The molecule has 0 amide bonds. The zero-order chi connectivity index (χ0) is 13.0. The molecule has 0 aliphatic heterocycles. The first-order chi connectivity index (χ1) is 8.66. The van der Waals surface area contributed by atoms with E-state index < -0.39 is 0 Å². The van der Waals surface area contributed by atoms with Crippen molar-refractivity contribution in [2.24, 2.45) is 0 Å². The number of rotatable bonds is 4. The second kappa shape index (κ2) is 5.96. The van der Waals surface area contributed by atoms with Gasteiger partial charge in [0.25, 0.3) is 0 Å². The first kappa shape index (κ1) is 13.0. The van der Waals surface area contributed by atoms with Gasteiger partial charge in [0.1, 0.15) is 0 Å². The number of nitrogens with one attached hydrogen (secondary N) is 1. The predicted molar refractivity (Wildman–Crippen MR) is 75.3 cm³/mol. The van der Waals surface area contributed by atoms with Crippen molar-refractivity contribution in [2.75, 3.05) is 11.9 Å². The third kappa shape index (κ3) is 3.29. The zero-order valence-corrected chi connectivity index (χ0v) is 11.7. The van der Waals surface area contributed by atoms with Crippen molar-refractivity contribution in [3.8, 4) is 0 Å². The number of benzene rings is 1. The van der Waals surface area contributed by atoms with E-state index >= 15 is 0 Å². The number of hydrogen-bond acceptors (Lipinski definition) is 2. The van der Waals surface area contributed by atoms with Gasteiger partial charge >= 0.3 is 0 Å². The van der Waals surface area contributed by atoms with E-state index in [0.29, 0.717) is 16.8 Å². The second-order valence-electron chi connectivity index (χ2n) is 4.09. The molecule has 94 valence electrons. The van der Waals surface area contributed by atoms with Gasteiger partial charge < -0.3 is 5.32 Å². The molecule has 1 heterocycles. The Morgan fingerprint density at radius 3 is 2.83 bits per heavy atom. The molecule has 0 spiro atoms. The van der Waals surface area contributed by atoms with Gasteiger partial charge in [-0.3, -0.25) is 0 Å². The number of anilines is 1. The number of nitrogens with zero attached hydrogens (tertiary/aromatic N) is 1. The molecule has 0 saturated heterocycles. The molecule has 2 aromatic rings. The van der Waals surface area contributed by atoms with Gasteiger partial charge in [-0.2, -0.15) is 0 Å². The third-order valence-electron chi connectivity index (χ3n) is 2.76. The van der Waals surface area contributed by atoms with E-state index in [1.165, 1.54) is 17.2 Å². The van der Waals surface area contributed by atoms with Crippen LogP contribution >= 0.6 is 15.9 Å². The van der Waals surface area contributed by atoms with Crippen molar-refractivity contribution in [2.45, 2.75) is 13.3 Å². The summed E-state index contributed by atoms with van der Waals surface area (Å²) in [6, 6.07) is 9.60. The van der Waals surface area contributed by atoms with Crippen LogP contribution in [-0.4, -0.2) is 11.5 Å². The van der Waals surface area contributed by atoms with Crippen LogP contribution in [0.4, 0.5) is 10.2 Å². The van der Waals surface area contributed by atoms with Crippen molar-refractivity contribution in [3.05, 3.63) is 57.9 Å². The summed E-state index contributed by atoms with van der Waals surface area (Å²) >= 11 is 3.18. The molecule has 1 aromatic heterocycles.